The number of rotatable bonds is 1. The molecular formula is C12H14FNO. The van der Waals surface area contributed by atoms with Crippen LogP contribution in [0.1, 0.15) is 30.5 Å². The summed E-state index contributed by atoms with van der Waals surface area (Å²) in [6.45, 7) is 6.51. The molecule has 0 bridgehead atoms. The Balaban J connectivity index is 3.62. The number of hydrogen-bond donors (Lipinski definition) is 1. The minimum absolute atomic E-state index is 0.0143. The smallest absolute Gasteiger partial charge is 0.126 e. The molecule has 0 saturated heterocycles. The van der Waals surface area contributed by atoms with E-state index in [9.17, 15) is 9.50 Å². The van der Waals surface area contributed by atoms with E-state index >= 15 is 0 Å². The van der Waals surface area contributed by atoms with Crippen molar-refractivity contribution in [3.05, 3.63) is 28.6 Å². The summed E-state index contributed by atoms with van der Waals surface area (Å²) in [7, 11) is 0. The van der Waals surface area contributed by atoms with E-state index in [1.807, 2.05) is 0 Å². The van der Waals surface area contributed by atoms with Crippen molar-refractivity contribution < 1.29 is 9.50 Å². The van der Waals surface area contributed by atoms with Gasteiger partial charge in [0.2, 0.25) is 0 Å². The van der Waals surface area contributed by atoms with Crippen LogP contribution in [-0.2, 0) is 5.41 Å². The molecule has 0 saturated carbocycles. The summed E-state index contributed by atoms with van der Waals surface area (Å²) in [5, 5.41) is 18.8. The molecular weight excluding hydrogens is 193 g/mol. The number of aromatic hydroxyl groups is 1. The van der Waals surface area contributed by atoms with Crippen LogP contribution in [0.15, 0.2) is 6.07 Å². The summed E-state index contributed by atoms with van der Waals surface area (Å²) in [6, 6.07) is 3.35. The van der Waals surface area contributed by atoms with Crippen molar-refractivity contribution >= 4 is 0 Å². The number of phenolic OH excluding ortho intramolecular Hbond substituents is 1. The van der Waals surface area contributed by atoms with Crippen molar-refractivity contribution in [2.24, 2.45) is 0 Å². The lowest BCUT2D eigenvalue weighted by atomic mass is 9.81. The Morgan fingerprint density at radius 3 is 2.40 bits per heavy atom. The molecule has 0 amide bonds. The van der Waals surface area contributed by atoms with Crippen molar-refractivity contribution in [2.45, 2.75) is 33.1 Å². The van der Waals surface area contributed by atoms with Crippen LogP contribution < -0.4 is 0 Å². The Hall–Kier alpha value is -1.56. The van der Waals surface area contributed by atoms with Gasteiger partial charge in [0, 0.05) is 5.56 Å². The van der Waals surface area contributed by atoms with Gasteiger partial charge < -0.3 is 5.11 Å². The second-order valence-corrected chi connectivity index (χ2v) is 4.26. The highest BCUT2D eigenvalue weighted by atomic mass is 19.1. The predicted octanol–water partition coefficient (Wildman–Crippen LogP) is 2.95. The number of nitrogens with zero attached hydrogens (tertiary/aromatic N) is 1. The first-order chi connectivity index (χ1) is 6.81. The van der Waals surface area contributed by atoms with Crippen LogP contribution in [0.5, 0.6) is 5.75 Å². The summed E-state index contributed by atoms with van der Waals surface area (Å²) < 4.78 is 13.5. The van der Waals surface area contributed by atoms with Crippen LogP contribution in [0.2, 0.25) is 0 Å². The van der Waals surface area contributed by atoms with E-state index in [2.05, 4.69) is 6.07 Å². The number of benzene rings is 1. The average molecular weight is 207 g/mol. The molecule has 0 aliphatic carbocycles. The molecule has 0 aromatic heterocycles. The second kappa shape index (κ2) is 3.54. The first-order valence-electron chi connectivity index (χ1n) is 4.71. The third-order valence-corrected chi connectivity index (χ3v) is 2.59. The fraction of sp³-hybridized carbons (Fsp3) is 0.417. The molecule has 0 spiro atoms. The third-order valence-electron chi connectivity index (χ3n) is 2.59. The maximum Gasteiger partial charge on any atom is 0.126 e. The van der Waals surface area contributed by atoms with Gasteiger partial charge in [-0.2, -0.15) is 5.26 Å². The highest BCUT2D eigenvalue weighted by molar-refractivity contribution is 5.51. The number of hydrogen-bond acceptors (Lipinski definition) is 2. The maximum absolute atomic E-state index is 13.5. The number of phenols is 1. The van der Waals surface area contributed by atoms with Crippen LogP contribution in [0.4, 0.5) is 4.39 Å². The first kappa shape index (κ1) is 11.5. The molecule has 0 fully saturated rings. The highest BCUT2D eigenvalue weighted by Gasteiger charge is 2.28. The monoisotopic (exact) mass is 207 g/mol. The lowest BCUT2D eigenvalue weighted by Crippen LogP contribution is -2.17. The molecule has 15 heavy (non-hydrogen) atoms. The van der Waals surface area contributed by atoms with Crippen LogP contribution in [0.25, 0.3) is 0 Å². The lowest BCUT2D eigenvalue weighted by molar-refractivity contribution is 0.447. The largest absolute Gasteiger partial charge is 0.507 e. The molecule has 2 nitrogen and oxygen atoms in total. The molecule has 0 radical (unpaired) electrons. The molecule has 0 aliphatic rings. The van der Waals surface area contributed by atoms with Crippen molar-refractivity contribution in [1.82, 2.24) is 0 Å². The molecule has 0 aliphatic heterocycles. The SMILES string of the molecule is Cc1cc(F)c(C)c(C(C)(C)C#N)c1O. The van der Waals surface area contributed by atoms with Gasteiger partial charge in [-0.3, -0.25) is 0 Å². The Bertz CT molecular complexity index is 418. The molecule has 1 aromatic carbocycles. The van der Waals surface area contributed by atoms with Gasteiger partial charge in [-0.1, -0.05) is 0 Å². The fourth-order valence-electron chi connectivity index (χ4n) is 1.68. The highest BCUT2D eigenvalue weighted by Crippen LogP contribution is 2.36. The minimum atomic E-state index is -0.888. The summed E-state index contributed by atoms with van der Waals surface area (Å²) in [5.41, 5.74) is 0.282. The number of halogens is 1. The molecule has 80 valence electrons. The normalized spacial score (nSPS) is 11.2. The minimum Gasteiger partial charge on any atom is -0.507 e. The van der Waals surface area contributed by atoms with E-state index in [4.69, 9.17) is 5.26 Å². The van der Waals surface area contributed by atoms with Gasteiger partial charge in [0.05, 0.1) is 11.5 Å². The van der Waals surface area contributed by atoms with Crippen LogP contribution in [-0.4, -0.2) is 5.11 Å². The van der Waals surface area contributed by atoms with Gasteiger partial charge in [-0.15, -0.1) is 0 Å². The van der Waals surface area contributed by atoms with E-state index in [0.29, 0.717) is 16.7 Å². The molecule has 0 heterocycles. The van der Waals surface area contributed by atoms with Crippen molar-refractivity contribution in [1.29, 1.82) is 5.26 Å². The second-order valence-electron chi connectivity index (χ2n) is 4.26. The van der Waals surface area contributed by atoms with Gasteiger partial charge >= 0.3 is 0 Å². The summed E-state index contributed by atoms with van der Waals surface area (Å²) in [6.07, 6.45) is 0. The van der Waals surface area contributed by atoms with Crippen LogP contribution in [0.3, 0.4) is 0 Å². The van der Waals surface area contributed by atoms with Gasteiger partial charge in [0.25, 0.3) is 0 Å². The number of nitriles is 1. The summed E-state index contributed by atoms with van der Waals surface area (Å²) in [5.74, 6) is -0.371. The fourth-order valence-corrected chi connectivity index (χ4v) is 1.68. The third kappa shape index (κ3) is 1.80. The summed E-state index contributed by atoms with van der Waals surface area (Å²) >= 11 is 0. The van der Waals surface area contributed by atoms with E-state index < -0.39 is 5.41 Å². The van der Waals surface area contributed by atoms with Crippen LogP contribution >= 0.6 is 0 Å². The molecule has 1 rings (SSSR count). The van der Waals surface area contributed by atoms with Crippen molar-refractivity contribution in [2.75, 3.05) is 0 Å². The molecule has 1 N–H and O–H groups in total. The molecule has 0 atom stereocenters. The van der Waals surface area contributed by atoms with Crippen LogP contribution in [0, 0.1) is 31.0 Å². The van der Waals surface area contributed by atoms with Gasteiger partial charge in [0.15, 0.2) is 0 Å². The van der Waals surface area contributed by atoms with Gasteiger partial charge in [-0.05, 0) is 44.9 Å². The van der Waals surface area contributed by atoms with Gasteiger partial charge in [0.1, 0.15) is 11.6 Å². The Labute approximate surface area is 89.0 Å². The zero-order chi connectivity index (χ0) is 11.8. The standard InChI is InChI=1S/C12H14FNO/c1-7-5-9(13)8(2)10(11(7)15)12(3,4)6-14/h5,15H,1-4H3. The lowest BCUT2D eigenvalue weighted by Gasteiger charge is -2.21. The Kier molecular flexibility index (Phi) is 2.72. The van der Waals surface area contributed by atoms with E-state index in [0.717, 1.165) is 0 Å². The van der Waals surface area contributed by atoms with E-state index in [-0.39, 0.29) is 11.6 Å². The van der Waals surface area contributed by atoms with E-state index in [1.54, 1.807) is 27.7 Å². The quantitative estimate of drug-likeness (QED) is 0.769. The van der Waals surface area contributed by atoms with Crippen molar-refractivity contribution in [3.63, 3.8) is 0 Å². The predicted molar refractivity (Wildman–Crippen MR) is 56.2 cm³/mol. The number of aryl methyl sites for hydroxylation is 1. The summed E-state index contributed by atoms with van der Waals surface area (Å²) in [4.78, 5) is 0. The van der Waals surface area contributed by atoms with Gasteiger partial charge in [-0.25, -0.2) is 4.39 Å². The zero-order valence-corrected chi connectivity index (χ0v) is 9.35. The van der Waals surface area contributed by atoms with Crippen molar-refractivity contribution in [3.8, 4) is 11.8 Å². The Morgan fingerprint density at radius 2 is 1.93 bits per heavy atom. The molecule has 3 heteroatoms. The average Bonchev–Trinajstić information content (AvgIpc) is 2.15. The first-order valence-corrected chi connectivity index (χ1v) is 4.71. The molecule has 1 aromatic rings. The topological polar surface area (TPSA) is 44.0 Å². The molecule has 0 unspecified atom stereocenters. The van der Waals surface area contributed by atoms with E-state index in [1.165, 1.54) is 6.07 Å². The zero-order valence-electron chi connectivity index (χ0n) is 9.35. The maximum atomic E-state index is 13.5. The Morgan fingerprint density at radius 1 is 1.40 bits per heavy atom.